The summed E-state index contributed by atoms with van der Waals surface area (Å²) < 4.78 is 0. The molecule has 0 aromatic rings. The molecule has 1 saturated heterocycles. The van der Waals surface area contributed by atoms with Crippen LogP contribution in [0.4, 0.5) is 0 Å². The molecule has 0 aromatic heterocycles. The zero-order chi connectivity index (χ0) is 14.3. The van der Waals surface area contributed by atoms with Crippen LogP contribution < -0.4 is 5.32 Å². The lowest BCUT2D eigenvalue weighted by molar-refractivity contribution is -0.139. The van der Waals surface area contributed by atoms with Crippen molar-refractivity contribution in [2.24, 2.45) is 5.41 Å². The average Bonchev–Trinajstić information content (AvgIpc) is 2.83. The topological polar surface area (TPSA) is 52.6 Å². The highest BCUT2D eigenvalue weighted by atomic mass is 16.4. The summed E-state index contributed by atoms with van der Waals surface area (Å²) in [6, 6.07) is -0.391. The summed E-state index contributed by atoms with van der Waals surface area (Å²) >= 11 is 0. The zero-order valence-electron chi connectivity index (χ0n) is 12.7. The van der Waals surface area contributed by atoms with E-state index in [1.54, 1.807) is 0 Å². The normalized spacial score (nSPS) is 20.6. The fourth-order valence-electron chi connectivity index (χ4n) is 2.99. The van der Waals surface area contributed by atoms with Gasteiger partial charge in [-0.1, -0.05) is 20.8 Å². The van der Waals surface area contributed by atoms with Crippen LogP contribution in [0.25, 0.3) is 0 Å². The van der Waals surface area contributed by atoms with Crippen LogP contribution in [-0.4, -0.2) is 48.2 Å². The van der Waals surface area contributed by atoms with E-state index in [0.29, 0.717) is 11.8 Å². The van der Waals surface area contributed by atoms with Crippen LogP contribution in [0.5, 0.6) is 0 Å². The Morgan fingerprint density at radius 1 is 1.37 bits per heavy atom. The third kappa shape index (κ3) is 4.77. The Bertz CT molecular complexity index is 277. The highest BCUT2D eigenvalue weighted by Crippen LogP contribution is 2.36. The average molecular weight is 270 g/mol. The van der Waals surface area contributed by atoms with E-state index in [-0.39, 0.29) is 0 Å². The highest BCUT2D eigenvalue weighted by Gasteiger charge is 2.34. The molecule has 0 saturated carbocycles. The zero-order valence-corrected chi connectivity index (χ0v) is 12.7. The number of hydrogen-bond donors (Lipinski definition) is 2. The molecule has 4 heteroatoms. The van der Waals surface area contributed by atoms with E-state index in [2.05, 4.69) is 31.0 Å². The van der Waals surface area contributed by atoms with Gasteiger partial charge < -0.3 is 15.3 Å². The number of carboxylic acids is 1. The van der Waals surface area contributed by atoms with Crippen molar-refractivity contribution < 1.29 is 9.90 Å². The number of aliphatic carboxylic acids is 1. The Balaban J connectivity index is 2.37. The highest BCUT2D eigenvalue weighted by molar-refractivity contribution is 5.73. The largest absolute Gasteiger partial charge is 0.480 e. The van der Waals surface area contributed by atoms with E-state index in [4.69, 9.17) is 0 Å². The fourth-order valence-corrected chi connectivity index (χ4v) is 2.99. The van der Waals surface area contributed by atoms with Crippen molar-refractivity contribution in [3.05, 3.63) is 0 Å². The van der Waals surface area contributed by atoms with Gasteiger partial charge in [-0.2, -0.15) is 0 Å². The Kier molecular flexibility index (Phi) is 6.80. The predicted octanol–water partition coefficient (Wildman–Crippen LogP) is 2.34. The maximum atomic E-state index is 11.2. The molecular formula is C15H30N2O2. The molecule has 2 N–H and O–H groups in total. The van der Waals surface area contributed by atoms with Crippen LogP contribution in [0.3, 0.4) is 0 Å². The second kappa shape index (κ2) is 7.85. The van der Waals surface area contributed by atoms with Crippen LogP contribution >= 0.6 is 0 Å². The van der Waals surface area contributed by atoms with E-state index in [1.165, 1.54) is 19.3 Å². The number of hydrogen-bond acceptors (Lipinski definition) is 3. The van der Waals surface area contributed by atoms with Crippen molar-refractivity contribution in [2.45, 2.75) is 58.9 Å². The molecule has 0 amide bonds. The Labute approximate surface area is 117 Å². The molecule has 1 aliphatic rings. The molecule has 1 aliphatic heterocycles. The first kappa shape index (κ1) is 16.4. The maximum Gasteiger partial charge on any atom is 0.320 e. The minimum absolute atomic E-state index is 0.391. The molecular weight excluding hydrogens is 240 g/mol. The number of nitrogens with one attached hydrogen (secondary N) is 1. The van der Waals surface area contributed by atoms with Crippen molar-refractivity contribution >= 4 is 5.97 Å². The van der Waals surface area contributed by atoms with Crippen molar-refractivity contribution in [1.82, 2.24) is 10.2 Å². The molecule has 1 fully saturated rings. The summed E-state index contributed by atoms with van der Waals surface area (Å²) in [5.41, 5.74) is 0.482. The van der Waals surface area contributed by atoms with Crippen LogP contribution in [0.1, 0.15) is 52.9 Å². The Morgan fingerprint density at radius 2 is 2.05 bits per heavy atom. The lowest BCUT2D eigenvalue weighted by Gasteiger charge is -2.27. The second-order valence-electron chi connectivity index (χ2n) is 5.87. The lowest BCUT2D eigenvalue weighted by atomic mass is 9.82. The van der Waals surface area contributed by atoms with Crippen LogP contribution in [0.2, 0.25) is 0 Å². The van der Waals surface area contributed by atoms with Gasteiger partial charge in [-0.15, -0.1) is 0 Å². The third-order valence-corrected chi connectivity index (χ3v) is 4.69. The molecule has 0 aliphatic carbocycles. The number of likely N-dealkylation sites (tertiary alicyclic amines) is 1. The van der Waals surface area contributed by atoms with Crippen molar-refractivity contribution in [3.63, 3.8) is 0 Å². The quantitative estimate of drug-likeness (QED) is 0.675. The Morgan fingerprint density at radius 3 is 2.53 bits per heavy atom. The van der Waals surface area contributed by atoms with Crippen molar-refractivity contribution in [3.8, 4) is 0 Å². The van der Waals surface area contributed by atoms with Gasteiger partial charge in [-0.25, -0.2) is 0 Å². The number of rotatable bonds is 9. The molecule has 1 rings (SSSR count). The van der Waals surface area contributed by atoms with E-state index >= 15 is 0 Å². The van der Waals surface area contributed by atoms with Gasteiger partial charge >= 0.3 is 5.97 Å². The van der Waals surface area contributed by atoms with Gasteiger partial charge in [0, 0.05) is 13.1 Å². The van der Waals surface area contributed by atoms with Crippen molar-refractivity contribution in [2.75, 3.05) is 26.2 Å². The van der Waals surface area contributed by atoms with Crippen LogP contribution in [0, 0.1) is 5.41 Å². The summed E-state index contributed by atoms with van der Waals surface area (Å²) in [4.78, 5) is 13.6. The van der Waals surface area contributed by atoms with Gasteiger partial charge in [-0.3, -0.25) is 4.79 Å². The first-order valence-electron chi connectivity index (χ1n) is 7.75. The van der Waals surface area contributed by atoms with E-state index in [0.717, 1.165) is 32.6 Å². The van der Waals surface area contributed by atoms with E-state index in [1.807, 2.05) is 0 Å². The molecule has 0 bridgehead atoms. The fraction of sp³-hybridized carbons (Fsp3) is 0.933. The van der Waals surface area contributed by atoms with Gasteiger partial charge in [0.25, 0.3) is 0 Å². The molecule has 1 unspecified atom stereocenters. The summed E-state index contributed by atoms with van der Waals surface area (Å²) in [6.07, 6.45) is 5.41. The SMILES string of the molecule is CCCNC(CCN1CCC(CC)(CC)C1)C(=O)O. The van der Waals surface area contributed by atoms with Gasteiger partial charge in [0.05, 0.1) is 0 Å². The van der Waals surface area contributed by atoms with Crippen LogP contribution in [-0.2, 0) is 4.79 Å². The maximum absolute atomic E-state index is 11.2. The lowest BCUT2D eigenvalue weighted by Crippen LogP contribution is -2.40. The number of carbonyl (C=O) groups is 1. The molecule has 0 spiro atoms. The van der Waals surface area contributed by atoms with Gasteiger partial charge in [0.2, 0.25) is 0 Å². The van der Waals surface area contributed by atoms with Crippen molar-refractivity contribution in [1.29, 1.82) is 0 Å². The molecule has 19 heavy (non-hydrogen) atoms. The second-order valence-corrected chi connectivity index (χ2v) is 5.87. The summed E-state index contributed by atoms with van der Waals surface area (Å²) in [5, 5.41) is 12.3. The smallest absolute Gasteiger partial charge is 0.320 e. The standard InChI is InChI=1S/C15H30N2O2/c1-4-9-16-13(14(18)19)7-10-17-11-8-15(5-2,6-3)12-17/h13,16H,4-12H2,1-3H3,(H,18,19). The molecule has 0 radical (unpaired) electrons. The van der Waals surface area contributed by atoms with Gasteiger partial charge in [-0.05, 0) is 50.6 Å². The Hall–Kier alpha value is -0.610. The van der Waals surface area contributed by atoms with Gasteiger partial charge in [0.1, 0.15) is 6.04 Å². The minimum atomic E-state index is -0.718. The summed E-state index contributed by atoms with van der Waals surface area (Å²) in [7, 11) is 0. The molecule has 0 aromatic carbocycles. The van der Waals surface area contributed by atoms with Gasteiger partial charge in [0.15, 0.2) is 0 Å². The summed E-state index contributed by atoms with van der Waals surface area (Å²) in [5.74, 6) is -0.718. The van der Waals surface area contributed by atoms with Crippen LogP contribution in [0.15, 0.2) is 0 Å². The number of nitrogens with zero attached hydrogens (tertiary/aromatic N) is 1. The number of carboxylic acid groups (broad SMARTS) is 1. The monoisotopic (exact) mass is 270 g/mol. The molecule has 1 atom stereocenters. The molecule has 112 valence electrons. The molecule has 4 nitrogen and oxygen atoms in total. The van der Waals surface area contributed by atoms with E-state index < -0.39 is 12.0 Å². The minimum Gasteiger partial charge on any atom is -0.480 e. The third-order valence-electron chi connectivity index (χ3n) is 4.69. The predicted molar refractivity (Wildman–Crippen MR) is 78.4 cm³/mol. The van der Waals surface area contributed by atoms with E-state index in [9.17, 15) is 9.90 Å². The summed E-state index contributed by atoms with van der Waals surface area (Å²) in [6.45, 7) is 10.6. The first-order chi connectivity index (χ1) is 9.06. The first-order valence-corrected chi connectivity index (χ1v) is 7.75. The molecule has 1 heterocycles.